The van der Waals surface area contributed by atoms with Gasteiger partial charge in [0.25, 0.3) is 0 Å². The van der Waals surface area contributed by atoms with Crippen molar-refractivity contribution in [2.24, 2.45) is 5.73 Å². The molecule has 1 atom stereocenters. The number of likely N-dealkylation sites (tertiary alicyclic amines) is 1. The summed E-state index contributed by atoms with van der Waals surface area (Å²) < 4.78 is 5.44. The van der Waals surface area contributed by atoms with E-state index in [1.807, 2.05) is 18.9 Å². The Morgan fingerprint density at radius 1 is 1.57 bits per heavy atom. The molecule has 2 aliphatic heterocycles. The average Bonchev–Trinajstić information content (AvgIpc) is 2.18. The Morgan fingerprint density at radius 3 is 2.86 bits per heavy atom. The fourth-order valence-electron chi connectivity index (χ4n) is 2.33. The monoisotopic (exact) mass is 216 g/mol. The summed E-state index contributed by atoms with van der Waals surface area (Å²) in [6.45, 7) is 3.09. The molecule has 2 saturated heterocycles. The van der Waals surface area contributed by atoms with Gasteiger partial charge in [-0.25, -0.2) is 0 Å². The minimum atomic E-state index is 0.307. The van der Waals surface area contributed by atoms with Gasteiger partial charge in [-0.3, -0.25) is 4.90 Å². The molecule has 2 fully saturated rings. The molecule has 0 spiro atoms. The van der Waals surface area contributed by atoms with E-state index < -0.39 is 0 Å². The van der Waals surface area contributed by atoms with Crippen molar-refractivity contribution >= 4 is 11.8 Å². The van der Waals surface area contributed by atoms with Crippen molar-refractivity contribution in [1.82, 2.24) is 4.90 Å². The Bertz CT molecular complexity index is 191. The molecule has 2 rings (SSSR count). The zero-order valence-electron chi connectivity index (χ0n) is 8.87. The molecule has 2 N–H and O–H groups in total. The summed E-state index contributed by atoms with van der Waals surface area (Å²) in [4.78, 5) is 2.56. The maximum Gasteiger partial charge on any atom is 0.0698 e. The molecule has 3 nitrogen and oxygen atoms in total. The Balaban J connectivity index is 1.95. The van der Waals surface area contributed by atoms with Crippen molar-refractivity contribution < 1.29 is 4.74 Å². The number of rotatable bonds is 3. The highest BCUT2D eigenvalue weighted by molar-refractivity contribution is 8.00. The summed E-state index contributed by atoms with van der Waals surface area (Å²) >= 11 is 2.01. The quantitative estimate of drug-likeness (QED) is 0.747. The van der Waals surface area contributed by atoms with Gasteiger partial charge in [0.05, 0.1) is 11.6 Å². The van der Waals surface area contributed by atoms with Crippen LogP contribution in [0, 0.1) is 0 Å². The highest BCUT2D eigenvalue weighted by Gasteiger charge is 2.43. The Hall–Kier alpha value is 0.230. The third kappa shape index (κ3) is 1.81. The van der Waals surface area contributed by atoms with Crippen LogP contribution >= 0.6 is 11.8 Å². The number of piperidine rings is 1. The van der Waals surface area contributed by atoms with Crippen LogP contribution in [0.5, 0.6) is 0 Å². The first kappa shape index (κ1) is 10.7. The number of thioether (sulfide) groups is 1. The molecule has 0 aromatic carbocycles. The van der Waals surface area contributed by atoms with Crippen LogP contribution in [-0.4, -0.2) is 54.8 Å². The summed E-state index contributed by atoms with van der Waals surface area (Å²) in [6, 6.07) is 0. The second-order valence-corrected chi connectivity index (χ2v) is 5.35. The number of nitrogens with zero attached hydrogens (tertiary/aromatic N) is 1. The predicted molar refractivity (Wildman–Crippen MR) is 60.7 cm³/mol. The van der Waals surface area contributed by atoms with Crippen LogP contribution in [0.15, 0.2) is 0 Å². The zero-order valence-corrected chi connectivity index (χ0v) is 9.68. The summed E-state index contributed by atoms with van der Waals surface area (Å²) in [5, 5.41) is 0. The van der Waals surface area contributed by atoms with Crippen molar-refractivity contribution in [1.29, 1.82) is 0 Å². The average molecular weight is 216 g/mol. The molecule has 4 heteroatoms. The van der Waals surface area contributed by atoms with Gasteiger partial charge in [0.2, 0.25) is 0 Å². The topological polar surface area (TPSA) is 38.5 Å². The summed E-state index contributed by atoms with van der Waals surface area (Å²) in [6.07, 6.45) is 2.89. The minimum absolute atomic E-state index is 0.307. The van der Waals surface area contributed by atoms with Crippen LogP contribution in [-0.2, 0) is 4.74 Å². The molecule has 0 amide bonds. The van der Waals surface area contributed by atoms with E-state index in [2.05, 4.69) is 4.90 Å². The third-order valence-electron chi connectivity index (χ3n) is 3.50. The van der Waals surface area contributed by atoms with Crippen LogP contribution in [0.4, 0.5) is 0 Å². The first-order chi connectivity index (χ1) is 6.80. The minimum Gasteiger partial charge on any atom is -0.380 e. The number of hydrogen-bond acceptors (Lipinski definition) is 4. The van der Waals surface area contributed by atoms with Gasteiger partial charge in [-0.2, -0.15) is 11.8 Å². The van der Waals surface area contributed by atoms with E-state index in [0.29, 0.717) is 11.6 Å². The van der Waals surface area contributed by atoms with E-state index in [1.54, 1.807) is 0 Å². The van der Waals surface area contributed by atoms with Crippen molar-refractivity contribution in [3.05, 3.63) is 0 Å². The van der Waals surface area contributed by atoms with Crippen LogP contribution in [0.1, 0.15) is 12.8 Å². The molecule has 0 aromatic rings. The van der Waals surface area contributed by atoms with E-state index in [4.69, 9.17) is 10.5 Å². The van der Waals surface area contributed by atoms with E-state index in [1.165, 1.54) is 30.9 Å². The molecule has 82 valence electrons. The molecule has 0 aliphatic carbocycles. The summed E-state index contributed by atoms with van der Waals surface area (Å²) in [5.41, 5.74) is 6.20. The predicted octanol–water partition coefficient (Wildman–Crippen LogP) is 0.542. The Morgan fingerprint density at radius 2 is 2.36 bits per heavy atom. The second kappa shape index (κ2) is 4.39. The number of nitrogens with two attached hydrogens (primary N) is 1. The highest BCUT2D eigenvalue weighted by atomic mass is 32.2. The van der Waals surface area contributed by atoms with Crippen LogP contribution in [0.3, 0.4) is 0 Å². The van der Waals surface area contributed by atoms with E-state index in [0.717, 1.165) is 13.1 Å². The molecule has 0 bridgehead atoms. The van der Waals surface area contributed by atoms with E-state index in [9.17, 15) is 0 Å². The SMILES string of the molecule is COC1CCCN(C2(CN)CSC2)C1. The van der Waals surface area contributed by atoms with Gasteiger partial charge in [0, 0.05) is 31.7 Å². The van der Waals surface area contributed by atoms with Crippen LogP contribution in [0.25, 0.3) is 0 Å². The van der Waals surface area contributed by atoms with Gasteiger partial charge in [-0.1, -0.05) is 0 Å². The smallest absolute Gasteiger partial charge is 0.0698 e. The van der Waals surface area contributed by atoms with Gasteiger partial charge in [-0.05, 0) is 19.4 Å². The number of methoxy groups -OCH3 is 1. The van der Waals surface area contributed by atoms with Crippen LogP contribution < -0.4 is 5.73 Å². The number of ether oxygens (including phenoxy) is 1. The van der Waals surface area contributed by atoms with Crippen molar-refractivity contribution in [3.63, 3.8) is 0 Å². The lowest BCUT2D eigenvalue weighted by Crippen LogP contribution is -2.65. The van der Waals surface area contributed by atoms with Gasteiger partial charge in [-0.15, -0.1) is 0 Å². The standard InChI is InChI=1S/C10H20N2OS/c1-13-9-3-2-4-12(5-9)10(6-11)7-14-8-10/h9H,2-8,11H2,1H3. The first-order valence-corrected chi connectivity index (χ1v) is 6.52. The molecule has 0 radical (unpaired) electrons. The molecule has 1 unspecified atom stereocenters. The van der Waals surface area contributed by atoms with Crippen molar-refractivity contribution in [2.45, 2.75) is 24.5 Å². The van der Waals surface area contributed by atoms with Crippen LogP contribution in [0.2, 0.25) is 0 Å². The first-order valence-electron chi connectivity index (χ1n) is 5.36. The second-order valence-electron chi connectivity index (χ2n) is 4.37. The molecule has 0 saturated carbocycles. The third-order valence-corrected chi connectivity index (χ3v) is 4.99. The van der Waals surface area contributed by atoms with E-state index >= 15 is 0 Å². The normalized spacial score (nSPS) is 32.6. The Labute approximate surface area is 90.3 Å². The molecule has 14 heavy (non-hydrogen) atoms. The lowest BCUT2D eigenvalue weighted by molar-refractivity contribution is -0.00612. The van der Waals surface area contributed by atoms with E-state index in [-0.39, 0.29) is 0 Å². The lowest BCUT2D eigenvalue weighted by Gasteiger charge is -2.51. The molecular formula is C10H20N2OS. The van der Waals surface area contributed by atoms with Gasteiger partial charge in [0.15, 0.2) is 0 Å². The summed E-state index contributed by atoms with van der Waals surface area (Å²) in [5.74, 6) is 2.42. The Kier molecular flexibility index (Phi) is 3.37. The molecular weight excluding hydrogens is 196 g/mol. The molecule has 2 heterocycles. The van der Waals surface area contributed by atoms with Crippen molar-refractivity contribution in [3.8, 4) is 0 Å². The molecule has 0 aromatic heterocycles. The van der Waals surface area contributed by atoms with Gasteiger partial charge < -0.3 is 10.5 Å². The largest absolute Gasteiger partial charge is 0.380 e. The maximum atomic E-state index is 5.89. The van der Waals surface area contributed by atoms with Gasteiger partial charge >= 0.3 is 0 Å². The lowest BCUT2D eigenvalue weighted by atomic mass is 9.96. The molecule has 2 aliphatic rings. The summed E-state index contributed by atoms with van der Waals surface area (Å²) in [7, 11) is 1.82. The maximum absolute atomic E-state index is 5.89. The van der Waals surface area contributed by atoms with Crippen molar-refractivity contribution in [2.75, 3.05) is 38.2 Å². The fraction of sp³-hybridized carbons (Fsp3) is 1.00. The number of hydrogen-bond donors (Lipinski definition) is 1. The zero-order chi connectivity index (χ0) is 10.0. The highest BCUT2D eigenvalue weighted by Crippen LogP contribution is 2.36. The fourth-order valence-corrected chi connectivity index (χ4v) is 3.60. The van der Waals surface area contributed by atoms with Gasteiger partial charge in [0.1, 0.15) is 0 Å².